The van der Waals surface area contributed by atoms with Gasteiger partial charge in [0.25, 0.3) is 5.56 Å². The second kappa shape index (κ2) is 11.1. The third-order valence-corrected chi connectivity index (χ3v) is 4.97. The van der Waals surface area contributed by atoms with Gasteiger partial charge in [-0.15, -0.1) is 0 Å². The summed E-state index contributed by atoms with van der Waals surface area (Å²) >= 11 is 9.48. The van der Waals surface area contributed by atoms with Gasteiger partial charge in [-0.1, -0.05) is 57.9 Å². The van der Waals surface area contributed by atoms with Crippen LogP contribution < -0.4 is 21.1 Å². The Labute approximate surface area is 195 Å². The minimum absolute atomic E-state index is 0.0112. The molecule has 1 amide bonds. The van der Waals surface area contributed by atoms with Gasteiger partial charge < -0.3 is 19.7 Å². The molecule has 32 heavy (non-hydrogen) atoms. The van der Waals surface area contributed by atoms with E-state index in [-0.39, 0.29) is 41.9 Å². The zero-order chi connectivity index (χ0) is 23.1. The normalized spacial score (nSPS) is 10.6. The number of rotatable bonds is 8. The number of hydrogen-bond donors (Lipinski definition) is 3. The number of pyridine rings is 1. The average molecular weight is 527 g/mol. The fourth-order valence-corrected chi connectivity index (χ4v) is 3.28. The molecule has 1 aromatic heterocycles. The molecule has 3 aromatic rings. The van der Waals surface area contributed by atoms with E-state index in [2.05, 4.69) is 21.2 Å². The van der Waals surface area contributed by atoms with Crippen LogP contribution in [0, 0.1) is 5.82 Å². The van der Waals surface area contributed by atoms with Gasteiger partial charge in [0.1, 0.15) is 16.5 Å². The minimum atomic E-state index is -1.03. The quantitative estimate of drug-likeness (QED) is 0.300. The number of anilines is 2. The number of ether oxygens (including phenoxy) is 1. The first kappa shape index (κ1) is 23.7. The molecule has 3 rings (SSSR count). The number of carbonyl (C=O) groups is 1. The molecule has 0 aliphatic rings. The summed E-state index contributed by atoms with van der Waals surface area (Å²) in [6.45, 7) is -0.312. The number of aromatic nitrogens is 1. The van der Waals surface area contributed by atoms with Gasteiger partial charge in [0, 0.05) is 4.47 Å². The van der Waals surface area contributed by atoms with Crippen molar-refractivity contribution >= 4 is 45.0 Å². The molecule has 0 saturated heterocycles. The van der Waals surface area contributed by atoms with E-state index < -0.39 is 17.5 Å². The maximum atomic E-state index is 14.4. The molecule has 2 aromatic carbocycles. The summed E-state index contributed by atoms with van der Waals surface area (Å²) in [6, 6.07) is 13.4. The van der Waals surface area contributed by atoms with Crippen molar-refractivity contribution in [1.82, 2.24) is 10.0 Å². The van der Waals surface area contributed by atoms with Gasteiger partial charge in [0.05, 0.1) is 31.6 Å². The Kier molecular flexibility index (Phi) is 8.23. The smallest absolute Gasteiger partial charge is 0.405 e. The summed E-state index contributed by atoms with van der Waals surface area (Å²) < 4.78 is 21.4. The first-order valence-corrected chi connectivity index (χ1v) is 10.5. The second-order valence-corrected chi connectivity index (χ2v) is 7.71. The van der Waals surface area contributed by atoms with E-state index in [1.807, 2.05) is 35.8 Å². The summed E-state index contributed by atoms with van der Waals surface area (Å²) in [6.07, 6.45) is 0.255. The van der Waals surface area contributed by atoms with Crippen molar-refractivity contribution < 1.29 is 23.9 Å². The van der Waals surface area contributed by atoms with Crippen LogP contribution in [0.4, 0.5) is 20.6 Å². The fraction of sp³-hybridized carbons (Fsp3) is 0.143. The molecule has 0 spiro atoms. The molecule has 0 atom stereocenters. The molecule has 0 unspecified atom stereocenters. The molecule has 1 heterocycles. The number of benzene rings is 2. The molecule has 0 saturated carbocycles. The zero-order valence-corrected chi connectivity index (χ0v) is 18.8. The van der Waals surface area contributed by atoms with E-state index in [1.165, 1.54) is 22.9 Å². The zero-order valence-electron chi connectivity index (χ0n) is 16.5. The van der Waals surface area contributed by atoms with Crippen molar-refractivity contribution in [3.05, 3.63) is 86.0 Å². The predicted molar refractivity (Wildman–Crippen MR) is 121 cm³/mol. The monoisotopic (exact) mass is 525 g/mol. The van der Waals surface area contributed by atoms with Gasteiger partial charge in [-0.25, -0.2) is 9.18 Å². The van der Waals surface area contributed by atoms with E-state index in [4.69, 9.17) is 26.3 Å². The first-order valence-electron chi connectivity index (χ1n) is 9.28. The Morgan fingerprint density at radius 2 is 1.97 bits per heavy atom. The number of hydrogen-bond acceptors (Lipinski definition) is 6. The Morgan fingerprint density at radius 1 is 1.22 bits per heavy atom. The summed E-state index contributed by atoms with van der Waals surface area (Å²) in [5.74, 6) is -0.761. The highest BCUT2D eigenvalue weighted by molar-refractivity contribution is 9.10. The molecule has 8 nitrogen and oxygen atoms in total. The Morgan fingerprint density at radius 3 is 2.66 bits per heavy atom. The van der Waals surface area contributed by atoms with Crippen molar-refractivity contribution in [2.24, 2.45) is 0 Å². The van der Waals surface area contributed by atoms with Gasteiger partial charge in [-0.2, -0.15) is 5.48 Å². The van der Waals surface area contributed by atoms with Crippen molar-refractivity contribution in [1.29, 1.82) is 0 Å². The fourth-order valence-electron chi connectivity index (χ4n) is 2.70. The molecule has 0 aliphatic heterocycles. The van der Waals surface area contributed by atoms with Crippen LogP contribution in [-0.2, 0) is 11.4 Å². The topological polar surface area (TPSA) is 102 Å². The lowest BCUT2D eigenvalue weighted by atomic mass is 10.2. The lowest BCUT2D eigenvalue weighted by Crippen LogP contribution is -2.29. The van der Waals surface area contributed by atoms with Crippen LogP contribution in [0.15, 0.2) is 64.0 Å². The number of halogens is 3. The summed E-state index contributed by atoms with van der Waals surface area (Å²) in [4.78, 5) is 29.7. The average Bonchev–Trinajstić information content (AvgIpc) is 2.77. The van der Waals surface area contributed by atoms with Crippen molar-refractivity contribution in [3.63, 3.8) is 0 Å². The molecule has 0 radical (unpaired) electrons. The second-order valence-electron chi connectivity index (χ2n) is 6.41. The Hall–Kier alpha value is -2.92. The number of hydroxylamine groups is 1. The molecule has 3 N–H and O–H groups in total. The summed E-state index contributed by atoms with van der Waals surface area (Å²) in [7, 11) is 0. The number of nitrogens with one attached hydrogen (secondary N) is 2. The Bertz CT molecular complexity index is 1160. The molecular weight excluding hydrogens is 509 g/mol. The van der Waals surface area contributed by atoms with E-state index in [0.29, 0.717) is 4.47 Å². The number of amides is 1. The highest BCUT2D eigenvalue weighted by Crippen LogP contribution is 2.34. The van der Waals surface area contributed by atoms with Crippen molar-refractivity contribution in [2.45, 2.75) is 6.54 Å². The van der Waals surface area contributed by atoms with E-state index >= 15 is 0 Å². The van der Waals surface area contributed by atoms with Gasteiger partial charge in [0.15, 0.2) is 5.75 Å². The molecule has 0 aliphatic carbocycles. The van der Waals surface area contributed by atoms with Crippen LogP contribution in [-0.4, -0.2) is 29.0 Å². The third kappa shape index (κ3) is 6.07. The number of nitrogens with zero attached hydrogens (tertiary/aromatic N) is 1. The highest BCUT2D eigenvalue weighted by Gasteiger charge is 2.20. The number of aliphatic hydroxyl groups is 1. The van der Waals surface area contributed by atoms with Gasteiger partial charge in [0.2, 0.25) is 0 Å². The SMILES string of the molecule is O=C(NOCCO)Oc1cn(Cc2ccccc2)c(=O)c(Cl)c1Nc1ccc(Br)cc1F. The highest BCUT2D eigenvalue weighted by atomic mass is 79.9. The first-order chi connectivity index (χ1) is 15.4. The van der Waals surface area contributed by atoms with Crippen LogP contribution in [0.2, 0.25) is 5.02 Å². The van der Waals surface area contributed by atoms with E-state index in [1.54, 1.807) is 6.07 Å². The van der Waals surface area contributed by atoms with Gasteiger partial charge in [-0.3, -0.25) is 9.63 Å². The van der Waals surface area contributed by atoms with Crippen LogP contribution in [0.5, 0.6) is 5.75 Å². The summed E-state index contributed by atoms with van der Waals surface area (Å²) in [5.41, 5.74) is 2.14. The van der Waals surface area contributed by atoms with Crippen LogP contribution >= 0.6 is 27.5 Å². The summed E-state index contributed by atoms with van der Waals surface area (Å²) in [5, 5.41) is 11.2. The van der Waals surface area contributed by atoms with Crippen LogP contribution in [0.25, 0.3) is 0 Å². The molecule has 0 fully saturated rings. The van der Waals surface area contributed by atoms with E-state index in [9.17, 15) is 14.0 Å². The van der Waals surface area contributed by atoms with Crippen LogP contribution in [0.3, 0.4) is 0 Å². The largest absolute Gasteiger partial charge is 0.436 e. The molecular formula is C21H18BrClFN3O5. The number of carbonyl (C=O) groups excluding carboxylic acids is 1. The van der Waals surface area contributed by atoms with Crippen molar-refractivity contribution in [2.75, 3.05) is 18.5 Å². The molecule has 168 valence electrons. The maximum absolute atomic E-state index is 14.4. The maximum Gasteiger partial charge on any atom is 0.436 e. The van der Waals surface area contributed by atoms with Crippen molar-refractivity contribution in [3.8, 4) is 5.75 Å². The van der Waals surface area contributed by atoms with Gasteiger partial charge >= 0.3 is 6.09 Å². The van der Waals surface area contributed by atoms with E-state index in [0.717, 1.165) is 5.56 Å². The minimum Gasteiger partial charge on any atom is -0.405 e. The standard InChI is InChI=1S/C21H18BrClFN3O5/c22-14-6-7-16(15(24)10-14)25-19-17(32-21(30)26-31-9-8-28)12-27(20(29)18(19)23)11-13-4-2-1-3-5-13/h1-7,10,12,25,28H,8-9,11H2,(H,26,30). The molecule has 11 heteroatoms. The van der Waals surface area contributed by atoms with Gasteiger partial charge in [-0.05, 0) is 23.8 Å². The lowest BCUT2D eigenvalue weighted by Gasteiger charge is -2.17. The Balaban J connectivity index is 2.00. The predicted octanol–water partition coefficient (Wildman–Crippen LogP) is 4.21. The third-order valence-electron chi connectivity index (χ3n) is 4.13. The lowest BCUT2D eigenvalue weighted by molar-refractivity contribution is 0.0246. The number of aliphatic hydroxyl groups excluding tert-OH is 1. The molecule has 0 bridgehead atoms. The van der Waals surface area contributed by atoms with Crippen LogP contribution in [0.1, 0.15) is 5.56 Å².